The average Bonchev–Trinajstić information content (AvgIpc) is 3.13. The summed E-state index contributed by atoms with van der Waals surface area (Å²) < 4.78 is 0.818. The third kappa shape index (κ3) is 4.64. The fourth-order valence-corrected chi connectivity index (χ4v) is 3.26. The van der Waals surface area contributed by atoms with E-state index in [0.29, 0.717) is 24.9 Å². The number of nitrogens with one attached hydrogen (secondary N) is 1. The van der Waals surface area contributed by atoms with E-state index < -0.39 is 0 Å². The Bertz CT molecular complexity index is 474. The molecule has 7 heteroatoms. The number of thioether (sulfide) groups is 1. The second-order valence-corrected chi connectivity index (χ2v) is 6.66. The zero-order chi connectivity index (χ0) is 14.4. The van der Waals surface area contributed by atoms with E-state index in [-0.39, 0.29) is 5.91 Å². The van der Waals surface area contributed by atoms with Crippen molar-refractivity contribution in [2.24, 2.45) is 0 Å². The summed E-state index contributed by atoms with van der Waals surface area (Å²) >= 11 is 2.92. The van der Waals surface area contributed by atoms with Crippen LogP contribution in [0.2, 0.25) is 0 Å². The SMILES string of the molecule is C=CCN(CC=C)C(=O)CSc1nnc(NC2CC2)s1. The number of hydrogen-bond donors (Lipinski definition) is 1. The van der Waals surface area contributed by atoms with Crippen LogP contribution in [0.15, 0.2) is 29.6 Å². The number of carbonyl (C=O) groups excluding carboxylic acids is 1. The Kier molecular flexibility index (Phi) is 5.60. The minimum Gasteiger partial charge on any atom is -0.357 e. The van der Waals surface area contributed by atoms with Gasteiger partial charge in [0.25, 0.3) is 0 Å². The van der Waals surface area contributed by atoms with Gasteiger partial charge in [-0.25, -0.2) is 0 Å². The zero-order valence-corrected chi connectivity index (χ0v) is 12.9. The van der Waals surface area contributed by atoms with Crippen molar-refractivity contribution in [1.29, 1.82) is 0 Å². The molecule has 1 aromatic rings. The highest BCUT2D eigenvalue weighted by Crippen LogP contribution is 2.30. The number of aromatic nitrogens is 2. The molecule has 0 atom stereocenters. The molecule has 108 valence electrons. The monoisotopic (exact) mass is 310 g/mol. The maximum Gasteiger partial charge on any atom is 0.233 e. The van der Waals surface area contributed by atoms with Crippen LogP contribution in [0, 0.1) is 0 Å². The molecule has 0 aliphatic heterocycles. The van der Waals surface area contributed by atoms with E-state index in [9.17, 15) is 4.79 Å². The molecule has 1 fully saturated rings. The predicted octanol–water partition coefficient (Wildman–Crippen LogP) is 2.41. The van der Waals surface area contributed by atoms with Crippen LogP contribution in [0.25, 0.3) is 0 Å². The summed E-state index contributed by atoms with van der Waals surface area (Å²) in [6.07, 6.45) is 5.85. The van der Waals surface area contributed by atoms with Crippen molar-refractivity contribution in [3.05, 3.63) is 25.3 Å². The zero-order valence-electron chi connectivity index (χ0n) is 11.2. The lowest BCUT2D eigenvalue weighted by molar-refractivity contribution is -0.127. The van der Waals surface area contributed by atoms with Gasteiger partial charge >= 0.3 is 0 Å². The normalized spacial score (nSPS) is 13.8. The Morgan fingerprint density at radius 3 is 2.70 bits per heavy atom. The predicted molar refractivity (Wildman–Crippen MR) is 84.3 cm³/mol. The van der Waals surface area contributed by atoms with Crippen molar-refractivity contribution in [3.63, 3.8) is 0 Å². The van der Waals surface area contributed by atoms with Crippen LogP contribution in [0.1, 0.15) is 12.8 Å². The van der Waals surface area contributed by atoms with E-state index in [1.807, 2.05) is 0 Å². The molecule has 1 N–H and O–H groups in total. The molecule has 0 saturated heterocycles. The molecule has 1 saturated carbocycles. The van der Waals surface area contributed by atoms with Crippen molar-refractivity contribution in [2.45, 2.75) is 23.2 Å². The number of rotatable bonds is 9. The molecular formula is C13H18N4OS2. The van der Waals surface area contributed by atoms with Gasteiger partial charge in [-0.05, 0) is 12.8 Å². The first-order chi connectivity index (χ1) is 9.72. The lowest BCUT2D eigenvalue weighted by Gasteiger charge is -2.18. The smallest absolute Gasteiger partial charge is 0.233 e. The van der Waals surface area contributed by atoms with E-state index in [2.05, 4.69) is 28.7 Å². The molecule has 5 nitrogen and oxygen atoms in total. The van der Waals surface area contributed by atoms with E-state index >= 15 is 0 Å². The average molecular weight is 310 g/mol. The van der Waals surface area contributed by atoms with Crippen molar-refractivity contribution < 1.29 is 4.79 Å². The number of carbonyl (C=O) groups is 1. The Morgan fingerprint density at radius 1 is 1.40 bits per heavy atom. The Labute approximate surface area is 127 Å². The van der Waals surface area contributed by atoms with Crippen LogP contribution in [-0.4, -0.2) is 45.9 Å². The first-order valence-corrected chi connectivity index (χ1v) is 8.25. The van der Waals surface area contributed by atoms with Gasteiger partial charge in [0.15, 0.2) is 4.34 Å². The molecule has 1 aliphatic rings. The molecule has 0 bridgehead atoms. The molecule has 0 unspecified atom stereocenters. The van der Waals surface area contributed by atoms with Crippen LogP contribution < -0.4 is 5.32 Å². The van der Waals surface area contributed by atoms with Gasteiger partial charge in [-0.2, -0.15) is 0 Å². The number of anilines is 1. The van der Waals surface area contributed by atoms with Crippen molar-refractivity contribution in [2.75, 3.05) is 24.2 Å². The van der Waals surface area contributed by atoms with Crippen molar-refractivity contribution >= 4 is 34.1 Å². The molecule has 20 heavy (non-hydrogen) atoms. The molecule has 0 spiro atoms. The summed E-state index contributed by atoms with van der Waals surface area (Å²) in [5.41, 5.74) is 0. The van der Waals surface area contributed by atoms with Gasteiger partial charge < -0.3 is 10.2 Å². The Hall–Kier alpha value is -1.34. The largest absolute Gasteiger partial charge is 0.357 e. The number of amides is 1. The van der Waals surface area contributed by atoms with Crippen LogP contribution >= 0.6 is 23.1 Å². The summed E-state index contributed by atoms with van der Waals surface area (Å²) in [5, 5.41) is 12.3. The van der Waals surface area contributed by atoms with Gasteiger partial charge in [-0.1, -0.05) is 35.3 Å². The Morgan fingerprint density at radius 2 is 2.10 bits per heavy atom. The quantitative estimate of drug-likeness (QED) is 0.561. The summed E-state index contributed by atoms with van der Waals surface area (Å²) in [7, 11) is 0. The third-order valence-electron chi connectivity index (χ3n) is 2.68. The topological polar surface area (TPSA) is 58.1 Å². The minimum atomic E-state index is 0.0571. The van der Waals surface area contributed by atoms with Crippen molar-refractivity contribution in [3.8, 4) is 0 Å². The van der Waals surface area contributed by atoms with Crippen LogP contribution in [0.3, 0.4) is 0 Å². The van der Waals surface area contributed by atoms with Gasteiger partial charge in [0, 0.05) is 19.1 Å². The number of hydrogen-bond acceptors (Lipinski definition) is 6. The van der Waals surface area contributed by atoms with E-state index in [0.717, 1.165) is 9.47 Å². The van der Waals surface area contributed by atoms with Gasteiger partial charge in [-0.15, -0.1) is 23.4 Å². The lowest BCUT2D eigenvalue weighted by Crippen LogP contribution is -2.32. The third-order valence-corrected chi connectivity index (χ3v) is 4.65. The Balaban J connectivity index is 1.80. The van der Waals surface area contributed by atoms with E-state index in [1.54, 1.807) is 17.1 Å². The molecule has 0 radical (unpaired) electrons. The second kappa shape index (κ2) is 7.44. The van der Waals surface area contributed by atoms with Gasteiger partial charge in [0.2, 0.25) is 11.0 Å². The first-order valence-electron chi connectivity index (χ1n) is 6.45. The fraction of sp³-hybridized carbons (Fsp3) is 0.462. The molecule has 2 rings (SSSR count). The number of nitrogens with zero attached hydrogens (tertiary/aromatic N) is 3. The minimum absolute atomic E-state index is 0.0571. The maximum absolute atomic E-state index is 12.0. The molecule has 1 amide bonds. The summed E-state index contributed by atoms with van der Waals surface area (Å²) in [4.78, 5) is 13.7. The highest BCUT2D eigenvalue weighted by molar-refractivity contribution is 8.01. The molecule has 1 heterocycles. The molecule has 1 aliphatic carbocycles. The van der Waals surface area contributed by atoms with Crippen molar-refractivity contribution in [1.82, 2.24) is 15.1 Å². The summed E-state index contributed by atoms with van der Waals surface area (Å²) in [5.74, 6) is 0.418. The molecule has 1 aromatic heterocycles. The summed E-state index contributed by atoms with van der Waals surface area (Å²) in [6, 6.07) is 0.568. The second-order valence-electron chi connectivity index (χ2n) is 4.46. The highest BCUT2D eigenvalue weighted by Gasteiger charge is 2.22. The van der Waals surface area contributed by atoms with E-state index in [1.165, 1.54) is 35.9 Å². The van der Waals surface area contributed by atoms with Gasteiger partial charge in [0.05, 0.1) is 5.75 Å². The van der Waals surface area contributed by atoms with Crippen LogP contribution in [0.5, 0.6) is 0 Å². The van der Waals surface area contributed by atoms with Crippen LogP contribution in [0.4, 0.5) is 5.13 Å². The molecule has 0 aromatic carbocycles. The van der Waals surface area contributed by atoms with Gasteiger partial charge in [0.1, 0.15) is 0 Å². The highest BCUT2D eigenvalue weighted by atomic mass is 32.2. The first kappa shape index (κ1) is 15.1. The lowest BCUT2D eigenvalue weighted by atomic mass is 10.4. The van der Waals surface area contributed by atoms with Crippen LogP contribution in [-0.2, 0) is 4.79 Å². The maximum atomic E-state index is 12.0. The standard InChI is InChI=1S/C13H18N4OS2/c1-3-7-17(8-4-2)11(18)9-19-13-16-15-12(20-13)14-10-5-6-10/h3-4,10H,1-2,5-9H2,(H,14,15). The fourth-order valence-electron chi connectivity index (χ4n) is 1.53. The molecular weight excluding hydrogens is 292 g/mol. The van der Waals surface area contributed by atoms with E-state index in [4.69, 9.17) is 0 Å². The summed E-state index contributed by atoms with van der Waals surface area (Å²) in [6.45, 7) is 8.39. The van der Waals surface area contributed by atoms with Gasteiger partial charge in [-0.3, -0.25) is 4.79 Å².